The second-order valence-electron chi connectivity index (χ2n) is 5.43. The van der Waals surface area contributed by atoms with Gasteiger partial charge in [0.25, 0.3) is 0 Å². The molecular formula is C14H20Cl4O4. The van der Waals surface area contributed by atoms with E-state index in [9.17, 15) is 9.59 Å². The first kappa shape index (κ1) is 20.1. The molecule has 2 atom stereocenters. The first-order chi connectivity index (χ1) is 10.2. The Morgan fingerprint density at radius 2 is 1.50 bits per heavy atom. The van der Waals surface area contributed by atoms with Crippen molar-refractivity contribution in [2.75, 3.05) is 19.1 Å². The monoisotopic (exact) mass is 392 g/mol. The van der Waals surface area contributed by atoms with Crippen LogP contribution >= 0.6 is 46.4 Å². The number of carbonyl (C=O) groups is 2. The number of halogens is 4. The molecule has 0 N–H and O–H groups in total. The Labute approximate surface area is 150 Å². The van der Waals surface area contributed by atoms with Gasteiger partial charge in [0.05, 0.1) is 13.2 Å². The molecule has 0 amide bonds. The van der Waals surface area contributed by atoms with Gasteiger partial charge in [-0.2, -0.15) is 0 Å². The Hall–Kier alpha value is 0.1000. The van der Waals surface area contributed by atoms with Crippen molar-refractivity contribution in [2.45, 2.75) is 36.9 Å². The van der Waals surface area contributed by atoms with Gasteiger partial charge >= 0.3 is 11.9 Å². The van der Waals surface area contributed by atoms with Gasteiger partial charge in [0, 0.05) is 5.88 Å². The molecular weight excluding hydrogens is 374 g/mol. The molecule has 0 aromatic rings. The summed E-state index contributed by atoms with van der Waals surface area (Å²) in [7, 11) is 0. The van der Waals surface area contributed by atoms with Crippen molar-refractivity contribution in [2.24, 2.45) is 17.3 Å². The van der Waals surface area contributed by atoms with Gasteiger partial charge < -0.3 is 9.47 Å². The van der Waals surface area contributed by atoms with E-state index in [4.69, 9.17) is 55.9 Å². The summed E-state index contributed by atoms with van der Waals surface area (Å²) in [5, 5.41) is 0. The highest BCUT2D eigenvalue weighted by molar-refractivity contribution is 6.67. The average Bonchev–Trinajstić information content (AvgIpc) is 2.77. The molecule has 0 unspecified atom stereocenters. The standard InChI is InChI=1S/C14H20Cl4O4/c1-3-21-11(19)13(12(20)22-4-2)5-9(7-14(16,17)18)10(6-13)8-15/h9-10H,3-8H2,1-2H3/t9-,10-/m0/s1. The Morgan fingerprint density at radius 1 is 1.05 bits per heavy atom. The van der Waals surface area contributed by atoms with Gasteiger partial charge in [0.15, 0.2) is 9.21 Å². The summed E-state index contributed by atoms with van der Waals surface area (Å²) < 4.78 is 8.71. The zero-order valence-corrected chi connectivity index (χ0v) is 15.6. The second-order valence-corrected chi connectivity index (χ2v) is 8.25. The predicted molar refractivity (Wildman–Crippen MR) is 87.5 cm³/mol. The van der Waals surface area contributed by atoms with E-state index >= 15 is 0 Å². The van der Waals surface area contributed by atoms with Gasteiger partial charge in [-0.3, -0.25) is 9.59 Å². The molecule has 4 nitrogen and oxygen atoms in total. The van der Waals surface area contributed by atoms with Gasteiger partial charge in [-0.05, 0) is 44.9 Å². The van der Waals surface area contributed by atoms with E-state index in [1.54, 1.807) is 13.8 Å². The normalized spacial score (nSPS) is 24.1. The molecule has 1 rings (SSSR count). The van der Waals surface area contributed by atoms with E-state index in [1.807, 2.05) is 0 Å². The lowest BCUT2D eigenvalue weighted by atomic mass is 9.84. The van der Waals surface area contributed by atoms with Crippen molar-refractivity contribution in [3.05, 3.63) is 0 Å². The first-order valence-electron chi connectivity index (χ1n) is 7.17. The molecule has 0 bridgehead atoms. The minimum Gasteiger partial charge on any atom is -0.465 e. The zero-order valence-electron chi connectivity index (χ0n) is 12.5. The maximum absolute atomic E-state index is 12.4. The summed E-state index contributed by atoms with van der Waals surface area (Å²) >= 11 is 23.6. The lowest BCUT2D eigenvalue weighted by Crippen LogP contribution is -2.40. The van der Waals surface area contributed by atoms with E-state index in [0.29, 0.717) is 0 Å². The molecule has 1 aliphatic rings. The van der Waals surface area contributed by atoms with Gasteiger partial charge in [0.2, 0.25) is 0 Å². The van der Waals surface area contributed by atoms with Gasteiger partial charge in [0.1, 0.15) is 0 Å². The van der Waals surface area contributed by atoms with E-state index in [-0.39, 0.29) is 50.2 Å². The van der Waals surface area contributed by atoms with Gasteiger partial charge in [-0.15, -0.1) is 11.6 Å². The number of rotatable bonds is 6. The zero-order chi connectivity index (χ0) is 17.0. The fraction of sp³-hybridized carbons (Fsp3) is 0.857. The van der Waals surface area contributed by atoms with Crippen molar-refractivity contribution < 1.29 is 19.1 Å². The van der Waals surface area contributed by atoms with Gasteiger partial charge in [-0.25, -0.2) is 0 Å². The Balaban J connectivity index is 3.07. The van der Waals surface area contributed by atoms with Crippen LogP contribution in [0.1, 0.15) is 33.1 Å². The third-order valence-electron chi connectivity index (χ3n) is 3.91. The van der Waals surface area contributed by atoms with E-state index in [1.165, 1.54) is 0 Å². The van der Waals surface area contributed by atoms with E-state index < -0.39 is 21.1 Å². The number of carbonyl (C=O) groups excluding carboxylic acids is 2. The van der Waals surface area contributed by atoms with Crippen LogP contribution in [0.2, 0.25) is 0 Å². The number of esters is 2. The largest absolute Gasteiger partial charge is 0.465 e. The summed E-state index contributed by atoms with van der Waals surface area (Å²) in [5.74, 6) is -1.19. The van der Waals surface area contributed by atoms with Crippen LogP contribution in [0.3, 0.4) is 0 Å². The summed E-state index contributed by atoms with van der Waals surface area (Å²) in [6.45, 7) is 3.73. The van der Waals surface area contributed by atoms with Crippen LogP contribution in [0.4, 0.5) is 0 Å². The minimum atomic E-state index is -1.46. The number of hydrogen-bond donors (Lipinski definition) is 0. The Kier molecular flexibility index (Phi) is 7.58. The molecule has 1 aliphatic carbocycles. The molecule has 8 heteroatoms. The number of alkyl halides is 4. The third-order valence-corrected chi connectivity index (χ3v) is 4.77. The highest BCUT2D eigenvalue weighted by Gasteiger charge is 2.58. The molecule has 128 valence electrons. The minimum absolute atomic E-state index is 0.119. The van der Waals surface area contributed by atoms with E-state index in [2.05, 4.69) is 0 Å². The molecule has 0 heterocycles. The molecule has 0 spiro atoms. The van der Waals surface area contributed by atoms with Crippen LogP contribution in [0, 0.1) is 17.3 Å². The van der Waals surface area contributed by atoms with Crippen LogP contribution < -0.4 is 0 Å². The SMILES string of the molecule is CCOC(=O)C1(C(=O)OCC)C[C@@H](CCl)[C@H](CC(Cl)(Cl)Cl)C1. The average molecular weight is 394 g/mol. The van der Waals surface area contributed by atoms with Gasteiger partial charge in [-0.1, -0.05) is 34.8 Å². The summed E-state index contributed by atoms with van der Waals surface area (Å²) in [4.78, 5) is 24.8. The first-order valence-corrected chi connectivity index (χ1v) is 8.84. The quantitative estimate of drug-likeness (QED) is 0.386. The van der Waals surface area contributed by atoms with Crippen LogP contribution in [0.25, 0.3) is 0 Å². The van der Waals surface area contributed by atoms with E-state index in [0.717, 1.165) is 0 Å². The Bertz CT molecular complexity index is 390. The fourth-order valence-electron chi connectivity index (χ4n) is 2.98. The maximum atomic E-state index is 12.4. The molecule has 0 saturated heterocycles. The molecule has 22 heavy (non-hydrogen) atoms. The van der Waals surface area contributed by atoms with Crippen molar-refractivity contribution in [3.63, 3.8) is 0 Å². The van der Waals surface area contributed by atoms with Crippen LogP contribution in [-0.4, -0.2) is 34.8 Å². The topological polar surface area (TPSA) is 52.6 Å². The maximum Gasteiger partial charge on any atom is 0.323 e. The fourth-order valence-corrected chi connectivity index (χ4v) is 3.94. The summed E-state index contributed by atoms with van der Waals surface area (Å²) in [5.41, 5.74) is -1.36. The highest BCUT2D eigenvalue weighted by atomic mass is 35.6. The smallest absolute Gasteiger partial charge is 0.323 e. The van der Waals surface area contributed by atoms with Crippen molar-refractivity contribution in [1.82, 2.24) is 0 Å². The van der Waals surface area contributed by atoms with Crippen molar-refractivity contribution in [1.29, 1.82) is 0 Å². The van der Waals surface area contributed by atoms with Crippen molar-refractivity contribution in [3.8, 4) is 0 Å². The third kappa shape index (κ3) is 4.80. The predicted octanol–water partition coefficient (Wildman–Crippen LogP) is 4.12. The molecule has 0 aromatic carbocycles. The van der Waals surface area contributed by atoms with Crippen LogP contribution in [0.15, 0.2) is 0 Å². The lowest BCUT2D eigenvalue weighted by molar-refractivity contribution is -0.172. The summed E-state index contributed by atoms with van der Waals surface area (Å²) in [6.07, 6.45) is 0.686. The Morgan fingerprint density at radius 3 is 1.86 bits per heavy atom. The number of hydrogen-bond acceptors (Lipinski definition) is 4. The highest BCUT2D eigenvalue weighted by Crippen LogP contribution is 2.52. The van der Waals surface area contributed by atoms with Crippen molar-refractivity contribution >= 4 is 58.3 Å². The molecule has 0 aliphatic heterocycles. The van der Waals surface area contributed by atoms with Crippen LogP contribution in [-0.2, 0) is 19.1 Å². The van der Waals surface area contributed by atoms with Crippen LogP contribution in [0.5, 0.6) is 0 Å². The molecule has 0 aromatic heterocycles. The molecule has 1 fully saturated rings. The number of ether oxygens (including phenoxy) is 2. The summed E-state index contributed by atoms with van der Waals surface area (Å²) in [6, 6.07) is 0. The molecule has 0 radical (unpaired) electrons. The second kappa shape index (κ2) is 8.27. The molecule has 1 saturated carbocycles. The lowest BCUT2D eigenvalue weighted by Gasteiger charge is -2.25.